The Labute approximate surface area is 122 Å². The number of rotatable bonds is 5. The highest BCUT2D eigenvalue weighted by atomic mass is 32.1. The molecule has 6 heteroatoms. The molecule has 3 rings (SSSR count). The number of carbonyl (C=O) groups is 1. The molecule has 1 heterocycles. The predicted octanol–water partition coefficient (Wildman–Crippen LogP) is 2.36. The van der Waals surface area contributed by atoms with Crippen LogP contribution in [-0.4, -0.2) is 39.2 Å². The van der Waals surface area contributed by atoms with Gasteiger partial charge in [-0.25, -0.2) is 0 Å². The first-order valence-corrected chi connectivity index (χ1v) is 7.59. The van der Waals surface area contributed by atoms with Crippen molar-refractivity contribution in [2.75, 3.05) is 18.9 Å². The molecular formula is C14H18N4OS. The van der Waals surface area contributed by atoms with Crippen molar-refractivity contribution in [3.05, 3.63) is 18.2 Å². The second-order valence-corrected chi connectivity index (χ2v) is 6.01. The van der Waals surface area contributed by atoms with Crippen LogP contribution in [0, 0.1) is 5.92 Å². The second-order valence-electron chi connectivity index (χ2n) is 5.48. The normalized spacial score (nSPS) is 16.6. The second kappa shape index (κ2) is 5.46. The number of benzene rings is 1. The third kappa shape index (κ3) is 2.81. The molecule has 106 valence electrons. The molecule has 20 heavy (non-hydrogen) atoms. The number of carbonyl (C=O) groups excluding carboxylic acids is 1. The number of nitrogens with one attached hydrogen (secondary N) is 1. The number of amides is 1. The average molecular weight is 290 g/mol. The van der Waals surface area contributed by atoms with E-state index in [9.17, 15) is 4.79 Å². The molecule has 0 spiro atoms. The standard InChI is InChI=1S/C14H18N4OS/c1-9(10-6-7-10)18(2)8-13(19)15-11-4-3-5-12-14(11)17-20-16-12/h3-5,9-10H,6-8H2,1-2H3,(H,15,19)/t9-/m0/s1. The van der Waals surface area contributed by atoms with Crippen LogP contribution in [0.5, 0.6) is 0 Å². The largest absolute Gasteiger partial charge is 0.323 e. The molecule has 0 unspecified atom stereocenters. The van der Waals surface area contributed by atoms with Gasteiger partial charge in [0, 0.05) is 6.04 Å². The predicted molar refractivity (Wildman–Crippen MR) is 80.9 cm³/mol. The van der Waals surface area contributed by atoms with E-state index in [4.69, 9.17) is 0 Å². The summed E-state index contributed by atoms with van der Waals surface area (Å²) in [6.07, 6.45) is 2.58. The maximum absolute atomic E-state index is 12.1. The Morgan fingerprint density at radius 2 is 2.30 bits per heavy atom. The third-order valence-corrected chi connectivity index (χ3v) is 4.50. The summed E-state index contributed by atoms with van der Waals surface area (Å²) in [6, 6.07) is 6.12. The topological polar surface area (TPSA) is 58.1 Å². The minimum atomic E-state index is 0.000463. The molecule has 2 aromatic rings. The Kier molecular flexibility index (Phi) is 3.67. The highest BCUT2D eigenvalue weighted by molar-refractivity contribution is 7.00. The smallest absolute Gasteiger partial charge is 0.238 e. The van der Waals surface area contributed by atoms with Crippen LogP contribution in [0.3, 0.4) is 0 Å². The van der Waals surface area contributed by atoms with Crippen molar-refractivity contribution < 1.29 is 4.79 Å². The van der Waals surface area contributed by atoms with Gasteiger partial charge in [0.15, 0.2) is 0 Å². The fraction of sp³-hybridized carbons (Fsp3) is 0.500. The van der Waals surface area contributed by atoms with Crippen molar-refractivity contribution in [2.24, 2.45) is 5.92 Å². The van der Waals surface area contributed by atoms with Gasteiger partial charge < -0.3 is 5.32 Å². The zero-order valence-corrected chi connectivity index (χ0v) is 12.5. The van der Waals surface area contributed by atoms with Gasteiger partial charge in [0.2, 0.25) is 5.91 Å². The van der Waals surface area contributed by atoms with Gasteiger partial charge in [-0.1, -0.05) is 6.07 Å². The molecule has 5 nitrogen and oxygen atoms in total. The zero-order valence-electron chi connectivity index (χ0n) is 11.7. The quantitative estimate of drug-likeness (QED) is 0.918. The van der Waals surface area contributed by atoms with E-state index in [1.807, 2.05) is 25.2 Å². The molecule has 1 N–H and O–H groups in total. The maximum atomic E-state index is 12.1. The van der Waals surface area contributed by atoms with Gasteiger partial charge >= 0.3 is 0 Å². The molecule has 1 atom stereocenters. The van der Waals surface area contributed by atoms with Gasteiger partial charge in [0.05, 0.1) is 24.0 Å². The van der Waals surface area contributed by atoms with Crippen molar-refractivity contribution in [3.63, 3.8) is 0 Å². The van der Waals surface area contributed by atoms with Gasteiger partial charge in [-0.3, -0.25) is 9.69 Å². The van der Waals surface area contributed by atoms with Crippen LogP contribution in [-0.2, 0) is 4.79 Å². The van der Waals surface area contributed by atoms with E-state index in [2.05, 4.69) is 25.9 Å². The Morgan fingerprint density at radius 1 is 1.50 bits per heavy atom. The summed E-state index contributed by atoms with van der Waals surface area (Å²) in [6.45, 7) is 2.60. The summed E-state index contributed by atoms with van der Waals surface area (Å²) in [4.78, 5) is 14.3. The van der Waals surface area contributed by atoms with E-state index in [1.54, 1.807) is 0 Å². The van der Waals surface area contributed by atoms with Crippen molar-refractivity contribution in [1.29, 1.82) is 0 Å². The summed E-state index contributed by atoms with van der Waals surface area (Å²) in [5.74, 6) is 0.763. The molecular weight excluding hydrogens is 272 g/mol. The number of aromatic nitrogens is 2. The number of likely N-dealkylation sites (N-methyl/N-ethyl adjacent to an activating group) is 1. The van der Waals surface area contributed by atoms with E-state index in [0.29, 0.717) is 12.6 Å². The number of fused-ring (bicyclic) bond motifs is 1. The van der Waals surface area contributed by atoms with E-state index < -0.39 is 0 Å². The van der Waals surface area contributed by atoms with Gasteiger partial charge in [0.1, 0.15) is 11.0 Å². The fourth-order valence-corrected chi connectivity index (χ4v) is 2.96. The Hall–Kier alpha value is -1.53. The minimum Gasteiger partial charge on any atom is -0.323 e. The van der Waals surface area contributed by atoms with Crippen LogP contribution in [0.2, 0.25) is 0 Å². The molecule has 1 aromatic carbocycles. The van der Waals surface area contributed by atoms with Gasteiger partial charge in [-0.2, -0.15) is 8.75 Å². The lowest BCUT2D eigenvalue weighted by Crippen LogP contribution is -2.37. The lowest BCUT2D eigenvalue weighted by Gasteiger charge is -2.23. The molecule has 1 saturated carbocycles. The molecule has 1 aliphatic carbocycles. The van der Waals surface area contributed by atoms with Crippen LogP contribution in [0.15, 0.2) is 18.2 Å². The first-order chi connectivity index (χ1) is 9.65. The first kappa shape index (κ1) is 13.5. The van der Waals surface area contributed by atoms with Gasteiger partial charge in [0.25, 0.3) is 0 Å². The molecule has 0 bridgehead atoms. The van der Waals surface area contributed by atoms with Gasteiger partial charge in [-0.15, -0.1) is 0 Å². The van der Waals surface area contributed by atoms with E-state index in [-0.39, 0.29) is 5.91 Å². The summed E-state index contributed by atoms with van der Waals surface area (Å²) in [5.41, 5.74) is 2.34. The Balaban J connectivity index is 1.65. The molecule has 1 fully saturated rings. The lowest BCUT2D eigenvalue weighted by atomic mass is 10.2. The first-order valence-electron chi connectivity index (χ1n) is 6.86. The molecule has 0 saturated heterocycles. The Bertz CT molecular complexity index is 622. The van der Waals surface area contributed by atoms with Crippen molar-refractivity contribution in [2.45, 2.75) is 25.8 Å². The SMILES string of the molecule is C[C@@H](C1CC1)N(C)CC(=O)Nc1cccc2nsnc12. The van der Waals surface area contributed by atoms with E-state index >= 15 is 0 Å². The average Bonchev–Trinajstić information content (AvgIpc) is 3.15. The van der Waals surface area contributed by atoms with Crippen molar-refractivity contribution in [1.82, 2.24) is 13.6 Å². The fourth-order valence-electron chi connectivity index (χ4n) is 2.41. The van der Waals surface area contributed by atoms with Gasteiger partial charge in [-0.05, 0) is 44.9 Å². The molecule has 0 radical (unpaired) electrons. The number of hydrogen-bond acceptors (Lipinski definition) is 5. The summed E-state index contributed by atoms with van der Waals surface area (Å²) >= 11 is 1.16. The number of anilines is 1. The third-order valence-electron chi connectivity index (χ3n) is 3.95. The summed E-state index contributed by atoms with van der Waals surface area (Å²) < 4.78 is 8.40. The molecule has 1 amide bonds. The Morgan fingerprint density at radius 3 is 3.05 bits per heavy atom. The molecule has 1 aliphatic rings. The van der Waals surface area contributed by atoms with Crippen LogP contribution < -0.4 is 5.32 Å². The minimum absolute atomic E-state index is 0.000463. The lowest BCUT2D eigenvalue weighted by molar-refractivity contribution is -0.117. The monoisotopic (exact) mass is 290 g/mol. The number of hydrogen-bond donors (Lipinski definition) is 1. The molecule has 1 aromatic heterocycles. The zero-order chi connectivity index (χ0) is 14.1. The highest BCUT2D eigenvalue weighted by Crippen LogP contribution is 2.34. The summed E-state index contributed by atoms with van der Waals surface area (Å²) in [5, 5.41) is 2.94. The van der Waals surface area contributed by atoms with Crippen LogP contribution in [0.1, 0.15) is 19.8 Å². The van der Waals surface area contributed by atoms with Crippen molar-refractivity contribution >= 4 is 34.4 Å². The van der Waals surface area contributed by atoms with Crippen molar-refractivity contribution in [3.8, 4) is 0 Å². The van der Waals surface area contributed by atoms with Crippen LogP contribution in [0.25, 0.3) is 11.0 Å². The van der Waals surface area contributed by atoms with E-state index in [1.165, 1.54) is 12.8 Å². The maximum Gasteiger partial charge on any atom is 0.238 e. The van der Waals surface area contributed by atoms with E-state index in [0.717, 1.165) is 34.4 Å². The molecule has 0 aliphatic heterocycles. The summed E-state index contributed by atoms with van der Waals surface area (Å²) in [7, 11) is 2.01. The van der Waals surface area contributed by atoms with Crippen LogP contribution in [0.4, 0.5) is 5.69 Å². The van der Waals surface area contributed by atoms with Crippen LogP contribution >= 0.6 is 11.7 Å². The number of nitrogens with zero attached hydrogens (tertiary/aromatic N) is 3. The highest BCUT2D eigenvalue weighted by Gasteiger charge is 2.31.